The molecule has 0 radical (unpaired) electrons. The summed E-state index contributed by atoms with van der Waals surface area (Å²) in [6, 6.07) is 4.69. The SMILES string of the molecule is CC1=CC(C)(S(=O)(=O)n2c(S(=O)O)cc3cccnc32)CC=C1Br. The van der Waals surface area contributed by atoms with Crippen LogP contribution in [0.2, 0.25) is 0 Å². The molecule has 0 fully saturated rings. The van der Waals surface area contributed by atoms with Crippen LogP contribution in [0.5, 0.6) is 0 Å². The maximum atomic E-state index is 13.3. The summed E-state index contributed by atoms with van der Waals surface area (Å²) in [7, 11) is -4.02. The topological polar surface area (TPSA) is 89.3 Å². The highest BCUT2D eigenvalue weighted by Gasteiger charge is 2.42. The molecule has 0 aliphatic heterocycles. The summed E-state index contributed by atoms with van der Waals surface area (Å²) in [5, 5.41) is 0.292. The van der Waals surface area contributed by atoms with Crippen LogP contribution < -0.4 is 0 Å². The van der Waals surface area contributed by atoms with Crippen molar-refractivity contribution in [2.75, 3.05) is 0 Å². The number of pyridine rings is 1. The molecular weight excluding hydrogens is 416 g/mol. The van der Waals surface area contributed by atoms with Gasteiger partial charge in [-0.25, -0.2) is 21.6 Å². The van der Waals surface area contributed by atoms with Gasteiger partial charge in [-0.2, -0.15) is 0 Å². The fourth-order valence-corrected chi connectivity index (χ4v) is 5.69. The van der Waals surface area contributed by atoms with Crippen molar-refractivity contribution in [3.8, 4) is 0 Å². The standard InChI is InChI=1S/C15H15BrN2O4S2/c1-10-9-15(2,6-5-12(10)16)24(21,22)18-13(23(19)20)8-11-4-3-7-17-14(11)18/h3-5,7-9H,6H2,1-2H3,(H,19,20). The van der Waals surface area contributed by atoms with Gasteiger partial charge in [-0.15, -0.1) is 0 Å². The lowest BCUT2D eigenvalue weighted by molar-refractivity contribution is 0.538. The Morgan fingerprint density at radius 3 is 2.79 bits per heavy atom. The van der Waals surface area contributed by atoms with Gasteiger partial charge in [-0.1, -0.05) is 28.1 Å². The summed E-state index contributed by atoms with van der Waals surface area (Å²) >= 11 is 0.929. The van der Waals surface area contributed by atoms with Gasteiger partial charge in [0.25, 0.3) is 10.0 Å². The van der Waals surface area contributed by atoms with Gasteiger partial charge in [0.05, 0.1) is 0 Å². The molecule has 0 aromatic carbocycles. The van der Waals surface area contributed by atoms with Crippen LogP contribution >= 0.6 is 15.9 Å². The van der Waals surface area contributed by atoms with E-state index < -0.39 is 25.9 Å². The molecule has 0 amide bonds. The monoisotopic (exact) mass is 430 g/mol. The van der Waals surface area contributed by atoms with Crippen molar-refractivity contribution in [3.63, 3.8) is 0 Å². The molecule has 1 aliphatic carbocycles. The predicted octanol–water partition coefficient (Wildman–Crippen LogP) is 3.18. The summed E-state index contributed by atoms with van der Waals surface area (Å²) in [4.78, 5) is 4.10. The maximum absolute atomic E-state index is 13.3. The Hall–Kier alpha value is -1.29. The molecule has 6 nitrogen and oxygen atoms in total. The number of hydrogen-bond acceptors (Lipinski definition) is 4. The molecular formula is C15H15BrN2O4S2. The first-order valence-electron chi connectivity index (χ1n) is 7.05. The fraction of sp³-hybridized carbons (Fsp3) is 0.267. The lowest BCUT2D eigenvalue weighted by Crippen LogP contribution is -2.39. The van der Waals surface area contributed by atoms with Gasteiger partial charge in [0.1, 0.15) is 4.75 Å². The molecule has 0 spiro atoms. The number of allylic oxidation sites excluding steroid dienone is 3. The number of aromatic nitrogens is 2. The third kappa shape index (κ3) is 2.59. The molecule has 9 heteroatoms. The number of fused-ring (bicyclic) bond motifs is 1. The van der Waals surface area contributed by atoms with Gasteiger partial charge < -0.3 is 4.55 Å². The summed E-state index contributed by atoms with van der Waals surface area (Å²) in [6.45, 7) is 3.41. The molecule has 2 aromatic rings. The smallest absolute Gasteiger partial charge is 0.250 e. The molecule has 0 saturated heterocycles. The van der Waals surface area contributed by atoms with E-state index in [9.17, 15) is 17.2 Å². The van der Waals surface area contributed by atoms with E-state index in [0.717, 1.165) is 14.0 Å². The highest BCUT2D eigenvalue weighted by atomic mass is 79.9. The van der Waals surface area contributed by atoms with E-state index in [1.54, 1.807) is 31.2 Å². The van der Waals surface area contributed by atoms with Crippen molar-refractivity contribution in [1.29, 1.82) is 0 Å². The third-order valence-corrected chi connectivity index (χ3v) is 8.12. The van der Waals surface area contributed by atoms with Gasteiger partial charge in [0.2, 0.25) is 11.1 Å². The van der Waals surface area contributed by atoms with Crippen molar-refractivity contribution >= 4 is 48.1 Å². The lowest BCUT2D eigenvalue weighted by atomic mass is 9.98. The normalized spacial score (nSPS) is 23.0. The average Bonchev–Trinajstić information content (AvgIpc) is 2.91. The van der Waals surface area contributed by atoms with Crippen LogP contribution in [-0.4, -0.2) is 30.9 Å². The number of halogens is 1. The average molecular weight is 431 g/mol. The first-order chi connectivity index (χ1) is 11.2. The zero-order chi connectivity index (χ0) is 17.7. The van der Waals surface area contributed by atoms with Crippen molar-refractivity contribution < 1.29 is 17.2 Å². The molecule has 2 heterocycles. The van der Waals surface area contributed by atoms with Crippen LogP contribution in [0.1, 0.15) is 20.3 Å². The third-order valence-electron chi connectivity index (χ3n) is 4.08. The minimum absolute atomic E-state index is 0.149. The highest BCUT2D eigenvalue weighted by Crippen LogP contribution is 2.37. The fourth-order valence-electron chi connectivity index (χ4n) is 2.77. The first kappa shape index (κ1) is 17.5. The summed E-state index contributed by atoms with van der Waals surface area (Å²) in [6.07, 6.45) is 5.16. The van der Waals surface area contributed by atoms with Gasteiger partial charge in [-0.3, -0.25) is 0 Å². The molecule has 1 N–H and O–H groups in total. The zero-order valence-corrected chi connectivity index (χ0v) is 16.2. The molecule has 0 bridgehead atoms. The lowest BCUT2D eigenvalue weighted by Gasteiger charge is -2.29. The summed E-state index contributed by atoms with van der Waals surface area (Å²) < 4.78 is 48.5. The summed E-state index contributed by atoms with van der Waals surface area (Å²) in [5.74, 6) is 0. The Morgan fingerprint density at radius 1 is 1.46 bits per heavy atom. The van der Waals surface area contributed by atoms with E-state index in [1.165, 1.54) is 12.3 Å². The Bertz CT molecular complexity index is 1020. The van der Waals surface area contributed by atoms with Gasteiger partial charge in [0.15, 0.2) is 10.7 Å². The Morgan fingerprint density at radius 2 is 2.17 bits per heavy atom. The van der Waals surface area contributed by atoms with E-state index in [-0.39, 0.29) is 17.1 Å². The van der Waals surface area contributed by atoms with Crippen molar-refractivity contribution in [2.45, 2.75) is 30.0 Å². The van der Waals surface area contributed by atoms with Crippen LogP contribution in [0.3, 0.4) is 0 Å². The molecule has 3 rings (SSSR count). The van der Waals surface area contributed by atoms with Gasteiger partial charge in [-0.05, 0) is 44.0 Å². The van der Waals surface area contributed by atoms with Crippen LogP contribution in [0, 0.1) is 0 Å². The Kier molecular flexibility index (Phi) is 4.31. The molecule has 24 heavy (non-hydrogen) atoms. The van der Waals surface area contributed by atoms with Crippen LogP contribution in [0.4, 0.5) is 0 Å². The second-order valence-electron chi connectivity index (χ2n) is 5.81. The van der Waals surface area contributed by atoms with Crippen molar-refractivity contribution in [2.24, 2.45) is 0 Å². The molecule has 2 aromatic heterocycles. The second-order valence-corrected chi connectivity index (χ2v) is 9.83. The zero-order valence-electron chi connectivity index (χ0n) is 12.9. The summed E-state index contributed by atoms with van der Waals surface area (Å²) in [5.41, 5.74) is 0.944. The van der Waals surface area contributed by atoms with E-state index in [1.807, 2.05) is 6.92 Å². The van der Waals surface area contributed by atoms with Crippen molar-refractivity contribution in [3.05, 3.63) is 46.6 Å². The van der Waals surface area contributed by atoms with Crippen LogP contribution in [0.15, 0.2) is 51.6 Å². The number of nitrogens with zero attached hydrogens (tertiary/aromatic N) is 2. The Balaban J connectivity index is 2.31. The molecule has 0 saturated carbocycles. The second kappa shape index (κ2) is 5.91. The van der Waals surface area contributed by atoms with Gasteiger partial charge in [0, 0.05) is 16.1 Å². The molecule has 2 atom stereocenters. The predicted molar refractivity (Wildman–Crippen MR) is 96.9 cm³/mol. The molecule has 2 unspecified atom stereocenters. The molecule has 128 valence electrons. The molecule has 1 aliphatic rings. The minimum Gasteiger partial charge on any atom is -0.301 e. The first-order valence-corrected chi connectivity index (χ1v) is 10.4. The minimum atomic E-state index is -4.02. The van der Waals surface area contributed by atoms with Crippen molar-refractivity contribution in [1.82, 2.24) is 8.96 Å². The van der Waals surface area contributed by atoms with E-state index in [4.69, 9.17) is 0 Å². The van der Waals surface area contributed by atoms with E-state index >= 15 is 0 Å². The van der Waals surface area contributed by atoms with Crippen LogP contribution in [-0.2, 0) is 21.1 Å². The maximum Gasteiger partial charge on any atom is 0.250 e. The largest absolute Gasteiger partial charge is 0.301 e. The highest BCUT2D eigenvalue weighted by molar-refractivity contribution is 9.12. The van der Waals surface area contributed by atoms with Crippen LogP contribution in [0.25, 0.3) is 11.0 Å². The number of hydrogen-bond donors (Lipinski definition) is 1. The Labute approximate surface area is 150 Å². The quantitative estimate of drug-likeness (QED) is 0.755. The van der Waals surface area contributed by atoms with E-state index in [0.29, 0.717) is 5.39 Å². The number of rotatable bonds is 3. The van der Waals surface area contributed by atoms with Gasteiger partial charge >= 0.3 is 0 Å². The van der Waals surface area contributed by atoms with E-state index in [2.05, 4.69) is 20.9 Å².